The van der Waals surface area contributed by atoms with Gasteiger partial charge in [0.2, 0.25) is 15.9 Å². The highest BCUT2D eigenvalue weighted by Gasteiger charge is 2.24. The lowest BCUT2D eigenvalue weighted by Crippen LogP contribution is -2.41. The molecular formula is C17H28IN5O3S. The Hall–Kier alpha value is -1.40. The minimum atomic E-state index is -3.15. The van der Waals surface area contributed by atoms with Crippen LogP contribution >= 0.6 is 24.0 Å². The van der Waals surface area contributed by atoms with Crippen LogP contribution in [0.5, 0.6) is 0 Å². The van der Waals surface area contributed by atoms with Crippen molar-refractivity contribution in [2.75, 3.05) is 37.8 Å². The summed E-state index contributed by atoms with van der Waals surface area (Å²) in [6.45, 7) is 3.17. The van der Waals surface area contributed by atoms with E-state index in [0.717, 1.165) is 11.3 Å². The number of nitrogens with one attached hydrogen (secondary N) is 4. The van der Waals surface area contributed by atoms with Gasteiger partial charge >= 0.3 is 0 Å². The Morgan fingerprint density at radius 1 is 1.26 bits per heavy atom. The quantitative estimate of drug-likeness (QED) is 0.182. The molecule has 4 N–H and O–H groups in total. The summed E-state index contributed by atoms with van der Waals surface area (Å²) in [4.78, 5) is 16.0. The molecule has 1 unspecified atom stereocenters. The standard InChI is InChI=1S/C17H27N5O3S.HI/c1-3-26(24,25)21-10-6-9-19-17(18-2)20-12-13-11-16(23)22-15-8-5-4-7-14(13)15;/h4-5,7-8,13,21H,3,6,9-12H2,1-2H3,(H,22,23)(H2,18,19,20);1H. The molecule has 1 atom stereocenters. The third-order valence-corrected chi connectivity index (χ3v) is 5.60. The molecule has 0 bridgehead atoms. The number of hydrogen-bond donors (Lipinski definition) is 4. The van der Waals surface area contributed by atoms with Crippen molar-refractivity contribution in [2.45, 2.75) is 25.7 Å². The van der Waals surface area contributed by atoms with E-state index in [0.29, 0.717) is 38.4 Å². The van der Waals surface area contributed by atoms with E-state index in [1.807, 2.05) is 24.3 Å². The minimum absolute atomic E-state index is 0. The SMILES string of the molecule is CCS(=O)(=O)NCCCNC(=NC)NCC1CC(=O)Nc2ccccc21.I. The number of fused-ring (bicyclic) bond motifs is 1. The van der Waals surface area contributed by atoms with Crippen LogP contribution in [0.2, 0.25) is 0 Å². The fraction of sp³-hybridized carbons (Fsp3) is 0.529. The maximum absolute atomic E-state index is 11.9. The van der Waals surface area contributed by atoms with Crippen LogP contribution in [-0.2, 0) is 14.8 Å². The number of para-hydroxylation sites is 1. The van der Waals surface area contributed by atoms with Crippen molar-refractivity contribution in [2.24, 2.45) is 4.99 Å². The van der Waals surface area contributed by atoms with Gasteiger partial charge in [-0.3, -0.25) is 9.79 Å². The summed E-state index contributed by atoms with van der Waals surface area (Å²) >= 11 is 0. The molecule has 2 rings (SSSR count). The summed E-state index contributed by atoms with van der Waals surface area (Å²) in [6.07, 6.45) is 1.08. The average molecular weight is 509 g/mol. The highest BCUT2D eigenvalue weighted by molar-refractivity contribution is 14.0. The lowest BCUT2D eigenvalue weighted by molar-refractivity contribution is -0.116. The van der Waals surface area contributed by atoms with E-state index >= 15 is 0 Å². The maximum atomic E-state index is 11.9. The molecule has 8 nitrogen and oxygen atoms in total. The van der Waals surface area contributed by atoms with Crippen molar-refractivity contribution in [3.8, 4) is 0 Å². The molecule has 0 spiro atoms. The first-order valence-corrected chi connectivity index (χ1v) is 10.4. The summed E-state index contributed by atoms with van der Waals surface area (Å²) in [6, 6.07) is 7.80. The summed E-state index contributed by atoms with van der Waals surface area (Å²) in [5.41, 5.74) is 1.98. The molecule has 1 aliphatic heterocycles. The Morgan fingerprint density at radius 2 is 2.00 bits per heavy atom. The predicted molar refractivity (Wildman–Crippen MR) is 119 cm³/mol. The first-order chi connectivity index (χ1) is 12.4. The zero-order chi connectivity index (χ0) is 19.0. The van der Waals surface area contributed by atoms with Crippen molar-refractivity contribution in [3.05, 3.63) is 29.8 Å². The lowest BCUT2D eigenvalue weighted by atomic mass is 9.90. The lowest BCUT2D eigenvalue weighted by Gasteiger charge is -2.26. The second kappa shape index (κ2) is 11.4. The van der Waals surface area contributed by atoms with E-state index in [9.17, 15) is 13.2 Å². The predicted octanol–water partition coefficient (Wildman–Crippen LogP) is 1.22. The number of aliphatic imine (C=N–C) groups is 1. The summed E-state index contributed by atoms with van der Waals surface area (Å²) in [7, 11) is -1.47. The summed E-state index contributed by atoms with van der Waals surface area (Å²) in [5, 5.41) is 9.28. The number of amides is 1. The number of rotatable bonds is 8. The molecule has 0 radical (unpaired) electrons. The van der Waals surface area contributed by atoms with Gasteiger partial charge in [-0.25, -0.2) is 13.1 Å². The molecule has 0 saturated carbocycles. The number of sulfonamides is 1. The van der Waals surface area contributed by atoms with Gasteiger partial charge in [0.25, 0.3) is 0 Å². The zero-order valence-corrected chi connectivity index (χ0v) is 18.8. The van der Waals surface area contributed by atoms with Gasteiger partial charge in [0, 0.05) is 44.7 Å². The molecule has 1 amide bonds. The van der Waals surface area contributed by atoms with Gasteiger partial charge in [-0.2, -0.15) is 0 Å². The maximum Gasteiger partial charge on any atom is 0.225 e. The van der Waals surface area contributed by atoms with Gasteiger partial charge in [0.15, 0.2) is 5.96 Å². The smallest absolute Gasteiger partial charge is 0.225 e. The van der Waals surface area contributed by atoms with Crippen molar-refractivity contribution < 1.29 is 13.2 Å². The van der Waals surface area contributed by atoms with Gasteiger partial charge in [0.1, 0.15) is 0 Å². The number of guanidine groups is 1. The van der Waals surface area contributed by atoms with Crippen LogP contribution in [0.1, 0.15) is 31.2 Å². The number of anilines is 1. The van der Waals surface area contributed by atoms with Crippen LogP contribution in [0.3, 0.4) is 0 Å². The number of halogens is 1. The molecule has 1 aromatic carbocycles. The van der Waals surface area contributed by atoms with E-state index in [1.165, 1.54) is 0 Å². The highest BCUT2D eigenvalue weighted by atomic mass is 127. The molecule has 152 valence electrons. The van der Waals surface area contributed by atoms with Gasteiger partial charge in [-0.05, 0) is 25.0 Å². The fourth-order valence-electron chi connectivity index (χ4n) is 2.75. The van der Waals surface area contributed by atoms with Crippen LogP contribution in [0.25, 0.3) is 0 Å². The first-order valence-electron chi connectivity index (χ1n) is 8.75. The minimum Gasteiger partial charge on any atom is -0.356 e. The molecule has 1 heterocycles. The molecule has 1 aromatic rings. The zero-order valence-electron chi connectivity index (χ0n) is 15.6. The van der Waals surface area contributed by atoms with E-state index in [1.54, 1.807) is 14.0 Å². The van der Waals surface area contributed by atoms with Crippen molar-refractivity contribution in [3.63, 3.8) is 0 Å². The molecule has 0 aromatic heterocycles. The van der Waals surface area contributed by atoms with Crippen LogP contribution < -0.4 is 20.7 Å². The van der Waals surface area contributed by atoms with Gasteiger partial charge in [-0.15, -0.1) is 24.0 Å². The van der Waals surface area contributed by atoms with Crippen molar-refractivity contribution in [1.29, 1.82) is 0 Å². The molecule has 0 aliphatic carbocycles. The Kier molecular flexibility index (Phi) is 10.0. The third kappa shape index (κ3) is 7.62. The van der Waals surface area contributed by atoms with E-state index in [-0.39, 0.29) is 41.6 Å². The van der Waals surface area contributed by atoms with Gasteiger partial charge in [0.05, 0.1) is 5.75 Å². The Bertz CT molecular complexity index is 755. The molecular weight excluding hydrogens is 481 g/mol. The van der Waals surface area contributed by atoms with E-state index < -0.39 is 10.0 Å². The highest BCUT2D eigenvalue weighted by Crippen LogP contribution is 2.31. The van der Waals surface area contributed by atoms with Gasteiger partial charge in [-0.1, -0.05) is 18.2 Å². The molecule has 27 heavy (non-hydrogen) atoms. The number of carbonyl (C=O) groups is 1. The van der Waals surface area contributed by atoms with Crippen LogP contribution in [-0.4, -0.2) is 52.7 Å². The first kappa shape index (κ1) is 23.6. The molecule has 1 aliphatic rings. The van der Waals surface area contributed by atoms with Crippen molar-refractivity contribution >= 4 is 51.6 Å². The summed E-state index contributed by atoms with van der Waals surface area (Å²) < 4.78 is 25.2. The number of benzene rings is 1. The Balaban J connectivity index is 0.00000364. The summed E-state index contributed by atoms with van der Waals surface area (Å²) in [5.74, 6) is 0.809. The normalized spacial score (nSPS) is 16.7. The largest absolute Gasteiger partial charge is 0.356 e. The Morgan fingerprint density at radius 3 is 2.70 bits per heavy atom. The Labute approximate surface area is 178 Å². The topological polar surface area (TPSA) is 112 Å². The van der Waals surface area contributed by atoms with E-state index in [2.05, 4.69) is 25.7 Å². The van der Waals surface area contributed by atoms with E-state index in [4.69, 9.17) is 0 Å². The second-order valence-electron chi connectivity index (χ2n) is 6.07. The number of nitrogens with zero attached hydrogens (tertiary/aromatic N) is 1. The van der Waals surface area contributed by atoms with Gasteiger partial charge < -0.3 is 16.0 Å². The second-order valence-corrected chi connectivity index (χ2v) is 8.16. The number of carbonyl (C=O) groups excluding carboxylic acids is 1. The molecule has 0 fully saturated rings. The number of hydrogen-bond acceptors (Lipinski definition) is 4. The molecule has 10 heteroatoms. The third-order valence-electron chi connectivity index (χ3n) is 4.19. The fourth-order valence-corrected chi connectivity index (χ4v) is 3.41. The van der Waals surface area contributed by atoms with Crippen LogP contribution in [0.4, 0.5) is 5.69 Å². The average Bonchev–Trinajstić information content (AvgIpc) is 2.63. The van der Waals surface area contributed by atoms with Crippen LogP contribution in [0.15, 0.2) is 29.3 Å². The molecule has 0 saturated heterocycles. The monoisotopic (exact) mass is 509 g/mol. The van der Waals surface area contributed by atoms with Crippen molar-refractivity contribution in [1.82, 2.24) is 15.4 Å². The van der Waals surface area contributed by atoms with Crippen LogP contribution in [0, 0.1) is 0 Å².